The maximum Gasteiger partial charge on any atom is 0.236 e. The molecule has 1 amide bonds. The fraction of sp³-hybridized carbons (Fsp3) is 0.938. The summed E-state index contributed by atoms with van der Waals surface area (Å²) in [4.78, 5) is 16.8. The van der Waals surface area contributed by atoms with Gasteiger partial charge in [0, 0.05) is 31.7 Å². The minimum Gasteiger partial charge on any atom is -0.339 e. The Hall–Kier alpha value is -0.610. The Kier molecular flexibility index (Phi) is 5.85. The van der Waals surface area contributed by atoms with Crippen molar-refractivity contribution in [2.75, 3.05) is 32.7 Å². The second kappa shape index (κ2) is 7.41. The average Bonchev–Trinajstić information content (AvgIpc) is 3.26. The Morgan fingerprint density at radius 2 is 2.00 bits per heavy atom. The van der Waals surface area contributed by atoms with Gasteiger partial charge in [-0.25, -0.2) is 0 Å². The van der Waals surface area contributed by atoms with Crippen LogP contribution in [0.1, 0.15) is 46.5 Å². The van der Waals surface area contributed by atoms with Crippen LogP contribution in [0.15, 0.2) is 0 Å². The number of carbonyl (C=O) groups is 1. The van der Waals surface area contributed by atoms with Gasteiger partial charge in [0.2, 0.25) is 5.91 Å². The van der Waals surface area contributed by atoms with Crippen LogP contribution in [0.2, 0.25) is 0 Å². The number of hydrogen-bond acceptors (Lipinski definition) is 3. The summed E-state index contributed by atoms with van der Waals surface area (Å²) < 4.78 is 0. The molecule has 4 nitrogen and oxygen atoms in total. The normalized spacial score (nSPS) is 27.6. The fourth-order valence-electron chi connectivity index (χ4n) is 3.50. The summed E-state index contributed by atoms with van der Waals surface area (Å²) in [7, 11) is 0. The molecule has 0 aromatic heterocycles. The van der Waals surface area contributed by atoms with Crippen LogP contribution in [-0.2, 0) is 4.79 Å². The highest BCUT2D eigenvalue weighted by Gasteiger charge is 2.33. The molecule has 2 unspecified atom stereocenters. The first kappa shape index (κ1) is 15.8. The lowest BCUT2D eigenvalue weighted by Gasteiger charge is -2.39. The number of likely N-dealkylation sites (tertiary alicyclic amines) is 1. The van der Waals surface area contributed by atoms with Crippen LogP contribution in [-0.4, -0.2) is 60.5 Å². The van der Waals surface area contributed by atoms with E-state index in [1.807, 2.05) is 0 Å². The molecule has 1 aliphatic heterocycles. The first-order chi connectivity index (χ1) is 9.69. The molecular weight excluding hydrogens is 250 g/mol. The molecular formula is C16H31N3O. The summed E-state index contributed by atoms with van der Waals surface area (Å²) in [6.45, 7) is 11.2. The zero-order valence-corrected chi connectivity index (χ0v) is 13.4. The summed E-state index contributed by atoms with van der Waals surface area (Å²) >= 11 is 0. The van der Waals surface area contributed by atoms with Gasteiger partial charge >= 0.3 is 0 Å². The van der Waals surface area contributed by atoms with Gasteiger partial charge < -0.3 is 10.2 Å². The van der Waals surface area contributed by atoms with Gasteiger partial charge in [0.15, 0.2) is 0 Å². The van der Waals surface area contributed by atoms with E-state index in [0.29, 0.717) is 30.5 Å². The maximum absolute atomic E-state index is 12.4. The number of amides is 1. The molecule has 1 heterocycles. The third kappa shape index (κ3) is 3.95. The lowest BCUT2D eigenvalue weighted by Crippen LogP contribution is -2.51. The highest BCUT2D eigenvalue weighted by atomic mass is 16.2. The number of hydrogen-bond donors (Lipinski definition) is 1. The van der Waals surface area contributed by atoms with Crippen LogP contribution in [0.25, 0.3) is 0 Å². The molecule has 1 saturated carbocycles. The van der Waals surface area contributed by atoms with E-state index in [1.165, 1.54) is 25.7 Å². The second-order valence-corrected chi connectivity index (χ2v) is 6.27. The number of rotatable bonds is 7. The van der Waals surface area contributed by atoms with Gasteiger partial charge in [-0.2, -0.15) is 0 Å². The predicted octanol–water partition coefficient (Wildman–Crippen LogP) is 1.71. The van der Waals surface area contributed by atoms with Gasteiger partial charge in [-0.05, 0) is 38.6 Å². The molecule has 0 aromatic carbocycles. The Labute approximate surface area is 123 Å². The highest BCUT2D eigenvalue weighted by Crippen LogP contribution is 2.27. The first-order valence-corrected chi connectivity index (χ1v) is 8.44. The summed E-state index contributed by atoms with van der Waals surface area (Å²) in [6, 6.07) is 1.19. The van der Waals surface area contributed by atoms with E-state index >= 15 is 0 Å². The molecule has 0 radical (unpaired) electrons. The Morgan fingerprint density at radius 3 is 2.55 bits per heavy atom. The van der Waals surface area contributed by atoms with Gasteiger partial charge in [-0.3, -0.25) is 9.69 Å². The minimum atomic E-state index is 0.340. The van der Waals surface area contributed by atoms with Gasteiger partial charge in [0.05, 0.1) is 6.54 Å². The molecule has 2 atom stereocenters. The zero-order chi connectivity index (χ0) is 14.5. The van der Waals surface area contributed by atoms with Crippen molar-refractivity contribution in [3.63, 3.8) is 0 Å². The zero-order valence-electron chi connectivity index (χ0n) is 13.4. The topological polar surface area (TPSA) is 35.6 Å². The number of nitrogens with zero attached hydrogens (tertiary/aromatic N) is 2. The molecule has 2 aliphatic rings. The standard InChI is InChI=1S/C16H31N3O/c1-4-13-11-18(10-9-15(13)17-5-2)12-16(20)19(6-3)14-7-8-14/h13-15,17H,4-12H2,1-3H3. The third-order valence-electron chi connectivity index (χ3n) is 4.82. The number of carbonyl (C=O) groups excluding carboxylic acids is 1. The van der Waals surface area contributed by atoms with E-state index in [0.717, 1.165) is 26.2 Å². The molecule has 1 saturated heterocycles. The van der Waals surface area contributed by atoms with Crippen molar-refractivity contribution in [2.45, 2.75) is 58.5 Å². The number of piperidine rings is 1. The van der Waals surface area contributed by atoms with Crippen LogP contribution in [0.5, 0.6) is 0 Å². The van der Waals surface area contributed by atoms with Crippen molar-refractivity contribution in [2.24, 2.45) is 5.92 Å². The van der Waals surface area contributed by atoms with Gasteiger partial charge in [-0.15, -0.1) is 0 Å². The fourth-order valence-corrected chi connectivity index (χ4v) is 3.50. The van der Waals surface area contributed by atoms with Crippen molar-refractivity contribution in [1.29, 1.82) is 0 Å². The summed E-state index contributed by atoms with van der Waals surface area (Å²) in [6.07, 6.45) is 4.79. The largest absolute Gasteiger partial charge is 0.339 e. The van der Waals surface area contributed by atoms with E-state index in [9.17, 15) is 4.79 Å². The average molecular weight is 281 g/mol. The number of nitrogens with one attached hydrogen (secondary N) is 1. The third-order valence-corrected chi connectivity index (χ3v) is 4.82. The van der Waals surface area contributed by atoms with Gasteiger partial charge in [0.25, 0.3) is 0 Å². The van der Waals surface area contributed by atoms with Crippen LogP contribution in [0.3, 0.4) is 0 Å². The Bertz CT molecular complexity index is 317. The quantitative estimate of drug-likeness (QED) is 0.771. The van der Waals surface area contributed by atoms with Crippen molar-refractivity contribution < 1.29 is 4.79 Å². The van der Waals surface area contributed by atoms with E-state index in [4.69, 9.17) is 0 Å². The molecule has 4 heteroatoms. The molecule has 1 aliphatic carbocycles. The van der Waals surface area contributed by atoms with Crippen LogP contribution in [0.4, 0.5) is 0 Å². The summed E-state index contributed by atoms with van der Waals surface area (Å²) in [5.74, 6) is 1.03. The van der Waals surface area contributed by atoms with Gasteiger partial charge in [-0.1, -0.05) is 20.3 Å². The van der Waals surface area contributed by atoms with Crippen molar-refractivity contribution in [1.82, 2.24) is 15.1 Å². The number of likely N-dealkylation sites (N-methyl/N-ethyl adjacent to an activating group) is 1. The lowest BCUT2D eigenvalue weighted by molar-refractivity contribution is -0.133. The Balaban J connectivity index is 1.83. The Morgan fingerprint density at radius 1 is 1.25 bits per heavy atom. The van der Waals surface area contributed by atoms with Crippen molar-refractivity contribution >= 4 is 5.91 Å². The summed E-state index contributed by atoms with van der Waals surface area (Å²) in [5.41, 5.74) is 0. The molecule has 20 heavy (non-hydrogen) atoms. The smallest absolute Gasteiger partial charge is 0.236 e. The SMILES string of the molecule is CCNC1CCN(CC(=O)N(CC)C2CC2)CC1CC. The molecule has 0 bridgehead atoms. The van der Waals surface area contributed by atoms with E-state index in [-0.39, 0.29) is 0 Å². The van der Waals surface area contributed by atoms with E-state index < -0.39 is 0 Å². The van der Waals surface area contributed by atoms with Crippen LogP contribution >= 0.6 is 0 Å². The monoisotopic (exact) mass is 281 g/mol. The lowest BCUT2D eigenvalue weighted by atomic mass is 9.90. The molecule has 2 rings (SSSR count). The predicted molar refractivity (Wildman–Crippen MR) is 82.7 cm³/mol. The van der Waals surface area contributed by atoms with E-state index in [1.54, 1.807) is 0 Å². The molecule has 0 aromatic rings. The van der Waals surface area contributed by atoms with Crippen LogP contribution in [0, 0.1) is 5.92 Å². The highest BCUT2D eigenvalue weighted by molar-refractivity contribution is 5.78. The molecule has 2 fully saturated rings. The first-order valence-electron chi connectivity index (χ1n) is 8.44. The van der Waals surface area contributed by atoms with Crippen molar-refractivity contribution in [3.05, 3.63) is 0 Å². The molecule has 1 N–H and O–H groups in total. The summed E-state index contributed by atoms with van der Waals surface area (Å²) in [5, 5.41) is 3.60. The minimum absolute atomic E-state index is 0.340. The van der Waals surface area contributed by atoms with Crippen LogP contribution < -0.4 is 5.32 Å². The van der Waals surface area contributed by atoms with Crippen molar-refractivity contribution in [3.8, 4) is 0 Å². The second-order valence-electron chi connectivity index (χ2n) is 6.27. The maximum atomic E-state index is 12.4. The van der Waals surface area contributed by atoms with E-state index in [2.05, 4.69) is 35.9 Å². The molecule has 116 valence electrons. The van der Waals surface area contributed by atoms with Gasteiger partial charge in [0.1, 0.15) is 0 Å². The molecule has 0 spiro atoms.